The maximum absolute atomic E-state index is 11.1. The topological polar surface area (TPSA) is 17.1 Å². The largest absolute Gasteiger partial charge is 0.294 e. The summed E-state index contributed by atoms with van der Waals surface area (Å²) in [4.78, 5) is 11.1. The summed E-state index contributed by atoms with van der Waals surface area (Å²) in [6, 6.07) is 5.88. The summed E-state index contributed by atoms with van der Waals surface area (Å²) in [5.41, 5.74) is 2.10. The molecule has 1 aromatic rings. The van der Waals surface area contributed by atoms with Crippen LogP contribution in [0.25, 0.3) is 0 Å². The molecule has 1 aromatic carbocycles. The van der Waals surface area contributed by atoms with E-state index in [0.717, 1.165) is 15.6 Å². The molecule has 0 heterocycles. The lowest BCUT2D eigenvalue weighted by Crippen LogP contribution is -1.98. The van der Waals surface area contributed by atoms with E-state index < -0.39 is 0 Å². The number of aryl methyl sites for hydroxylation is 1. The predicted molar refractivity (Wildman–Crippen MR) is 58.5 cm³/mol. The minimum Gasteiger partial charge on any atom is -0.294 e. The van der Waals surface area contributed by atoms with Crippen LogP contribution in [0.3, 0.4) is 0 Å². The van der Waals surface area contributed by atoms with Crippen LogP contribution in [-0.2, 0) is 6.42 Å². The Kier molecular flexibility index (Phi) is 3.26. The van der Waals surface area contributed by atoms with Gasteiger partial charge in [0.1, 0.15) is 0 Å². The molecule has 1 nitrogen and oxygen atoms in total. The van der Waals surface area contributed by atoms with Gasteiger partial charge in [-0.2, -0.15) is 0 Å². The quantitative estimate of drug-likeness (QED) is 0.598. The third kappa shape index (κ3) is 1.86. The SMILES string of the molecule is CCc1cccc(C(C)=O)c1I. The second-order valence-electron chi connectivity index (χ2n) is 2.69. The first kappa shape index (κ1) is 9.71. The molecule has 12 heavy (non-hydrogen) atoms. The fourth-order valence-electron chi connectivity index (χ4n) is 1.12. The Hall–Kier alpha value is -0.380. The maximum Gasteiger partial charge on any atom is 0.160 e. The molecule has 0 aliphatic carbocycles. The van der Waals surface area contributed by atoms with Gasteiger partial charge in [-0.25, -0.2) is 0 Å². The van der Waals surface area contributed by atoms with E-state index in [1.54, 1.807) is 6.92 Å². The van der Waals surface area contributed by atoms with Gasteiger partial charge in [0.15, 0.2) is 5.78 Å². The van der Waals surface area contributed by atoms with E-state index in [1.807, 2.05) is 12.1 Å². The van der Waals surface area contributed by atoms with Crippen molar-refractivity contribution in [3.05, 3.63) is 32.9 Å². The highest BCUT2D eigenvalue weighted by molar-refractivity contribution is 14.1. The first-order valence-electron chi connectivity index (χ1n) is 3.95. The average Bonchev–Trinajstić information content (AvgIpc) is 2.04. The van der Waals surface area contributed by atoms with Gasteiger partial charge >= 0.3 is 0 Å². The van der Waals surface area contributed by atoms with Gasteiger partial charge in [0.25, 0.3) is 0 Å². The zero-order chi connectivity index (χ0) is 9.14. The molecular formula is C10H11IO. The number of rotatable bonds is 2. The van der Waals surface area contributed by atoms with Gasteiger partial charge in [0, 0.05) is 9.13 Å². The molecule has 0 fully saturated rings. The van der Waals surface area contributed by atoms with Gasteiger partial charge in [-0.1, -0.05) is 25.1 Å². The lowest BCUT2D eigenvalue weighted by atomic mass is 10.1. The molecule has 0 N–H and O–H groups in total. The molecule has 0 saturated heterocycles. The lowest BCUT2D eigenvalue weighted by Gasteiger charge is -2.04. The van der Waals surface area contributed by atoms with E-state index in [0.29, 0.717) is 0 Å². The first-order valence-corrected chi connectivity index (χ1v) is 5.03. The van der Waals surface area contributed by atoms with Gasteiger partial charge < -0.3 is 0 Å². The summed E-state index contributed by atoms with van der Waals surface area (Å²) < 4.78 is 1.10. The standard InChI is InChI=1S/C10H11IO/c1-3-8-5-4-6-9(7(2)12)10(8)11/h4-6H,3H2,1-2H3. The number of carbonyl (C=O) groups excluding carboxylic acids is 1. The Morgan fingerprint density at radius 2 is 2.17 bits per heavy atom. The number of hydrogen-bond donors (Lipinski definition) is 0. The maximum atomic E-state index is 11.1. The minimum atomic E-state index is 0.148. The van der Waals surface area contributed by atoms with Crippen LogP contribution < -0.4 is 0 Å². The third-order valence-corrected chi connectivity index (χ3v) is 3.11. The minimum absolute atomic E-state index is 0.148. The van der Waals surface area contributed by atoms with Crippen molar-refractivity contribution < 1.29 is 4.79 Å². The van der Waals surface area contributed by atoms with Crippen LogP contribution in [0, 0.1) is 3.57 Å². The van der Waals surface area contributed by atoms with E-state index in [-0.39, 0.29) is 5.78 Å². The van der Waals surface area contributed by atoms with Gasteiger partial charge in [0.05, 0.1) is 0 Å². The van der Waals surface area contributed by atoms with Gasteiger partial charge in [-0.3, -0.25) is 4.79 Å². The zero-order valence-electron chi connectivity index (χ0n) is 7.23. The summed E-state index contributed by atoms with van der Waals surface area (Å²) >= 11 is 2.24. The molecule has 0 aromatic heterocycles. The smallest absolute Gasteiger partial charge is 0.160 e. The van der Waals surface area contributed by atoms with Crippen molar-refractivity contribution in [1.82, 2.24) is 0 Å². The van der Waals surface area contributed by atoms with Crippen molar-refractivity contribution in [2.45, 2.75) is 20.3 Å². The summed E-state index contributed by atoms with van der Waals surface area (Å²) in [6.07, 6.45) is 0.986. The monoisotopic (exact) mass is 274 g/mol. The van der Waals surface area contributed by atoms with Crippen molar-refractivity contribution in [2.24, 2.45) is 0 Å². The number of ketones is 1. The number of halogens is 1. The normalized spacial score (nSPS) is 9.92. The van der Waals surface area contributed by atoms with Crippen LogP contribution in [0.2, 0.25) is 0 Å². The molecule has 0 aliphatic rings. The molecule has 0 atom stereocenters. The van der Waals surface area contributed by atoms with E-state index in [2.05, 4.69) is 35.6 Å². The highest BCUT2D eigenvalue weighted by atomic mass is 127. The van der Waals surface area contributed by atoms with Crippen LogP contribution in [-0.4, -0.2) is 5.78 Å². The number of hydrogen-bond acceptors (Lipinski definition) is 1. The average molecular weight is 274 g/mol. The van der Waals surface area contributed by atoms with E-state index in [4.69, 9.17) is 0 Å². The Morgan fingerprint density at radius 1 is 1.50 bits per heavy atom. The molecule has 0 spiro atoms. The first-order chi connectivity index (χ1) is 5.66. The molecular weight excluding hydrogens is 263 g/mol. The highest BCUT2D eigenvalue weighted by Crippen LogP contribution is 2.18. The molecule has 1 rings (SSSR count). The molecule has 0 saturated carbocycles. The molecule has 0 amide bonds. The van der Waals surface area contributed by atoms with E-state index in [1.165, 1.54) is 5.56 Å². The van der Waals surface area contributed by atoms with Crippen LogP contribution in [0.15, 0.2) is 18.2 Å². The Bertz CT molecular complexity index is 305. The van der Waals surface area contributed by atoms with Crippen molar-refractivity contribution >= 4 is 28.4 Å². The van der Waals surface area contributed by atoms with Crippen LogP contribution in [0.5, 0.6) is 0 Å². The summed E-state index contributed by atoms with van der Waals surface area (Å²) in [5, 5.41) is 0. The molecule has 0 bridgehead atoms. The highest BCUT2D eigenvalue weighted by Gasteiger charge is 2.06. The fraction of sp³-hybridized carbons (Fsp3) is 0.300. The van der Waals surface area contributed by atoms with Gasteiger partial charge in [-0.15, -0.1) is 0 Å². The molecule has 2 heteroatoms. The Labute approximate surface area is 86.3 Å². The Balaban J connectivity index is 3.23. The molecule has 0 radical (unpaired) electrons. The van der Waals surface area contributed by atoms with Crippen LogP contribution in [0.1, 0.15) is 29.8 Å². The summed E-state index contributed by atoms with van der Waals surface area (Å²) in [7, 11) is 0. The van der Waals surface area contributed by atoms with Crippen molar-refractivity contribution in [1.29, 1.82) is 0 Å². The van der Waals surface area contributed by atoms with Crippen molar-refractivity contribution in [3.63, 3.8) is 0 Å². The van der Waals surface area contributed by atoms with Crippen molar-refractivity contribution in [2.75, 3.05) is 0 Å². The number of carbonyl (C=O) groups is 1. The Morgan fingerprint density at radius 3 is 2.67 bits per heavy atom. The second-order valence-corrected chi connectivity index (χ2v) is 3.77. The molecule has 0 aliphatic heterocycles. The van der Waals surface area contributed by atoms with Gasteiger partial charge in [0.2, 0.25) is 0 Å². The second kappa shape index (κ2) is 4.03. The van der Waals surface area contributed by atoms with Crippen LogP contribution in [0.4, 0.5) is 0 Å². The summed E-state index contributed by atoms with van der Waals surface area (Å²) in [5.74, 6) is 0.148. The molecule has 0 unspecified atom stereocenters. The zero-order valence-corrected chi connectivity index (χ0v) is 9.38. The third-order valence-electron chi connectivity index (χ3n) is 1.84. The van der Waals surface area contributed by atoms with E-state index >= 15 is 0 Å². The molecule has 64 valence electrons. The lowest BCUT2D eigenvalue weighted by molar-refractivity contribution is 0.101. The van der Waals surface area contributed by atoms with E-state index in [9.17, 15) is 4.79 Å². The number of Topliss-reactive ketones (excluding diaryl/α,β-unsaturated/α-hetero) is 1. The number of benzene rings is 1. The van der Waals surface area contributed by atoms with Gasteiger partial charge in [-0.05, 0) is 41.5 Å². The summed E-state index contributed by atoms with van der Waals surface area (Å²) in [6.45, 7) is 3.71. The van der Waals surface area contributed by atoms with Crippen LogP contribution >= 0.6 is 22.6 Å². The van der Waals surface area contributed by atoms with Crippen molar-refractivity contribution in [3.8, 4) is 0 Å². The predicted octanol–water partition coefficient (Wildman–Crippen LogP) is 3.06. The fourth-order valence-corrected chi connectivity index (χ4v) is 2.25.